The second-order valence-electron chi connectivity index (χ2n) is 3.01. The number of para-hydroxylation sites is 1. The summed E-state index contributed by atoms with van der Waals surface area (Å²) in [6.07, 6.45) is 1.88. The Hall–Kier alpha value is -1.47. The van der Waals surface area contributed by atoms with Crippen molar-refractivity contribution in [3.63, 3.8) is 0 Å². The molecular weight excluding hydrogens is 208 g/mol. The lowest BCUT2D eigenvalue weighted by atomic mass is 10.2. The summed E-state index contributed by atoms with van der Waals surface area (Å²) in [5, 5.41) is 8.89. The first kappa shape index (κ1) is 11.6. The number of benzene rings is 1. The summed E-state index contributed by atoms with van der Waals surface area (Å²) >= 11 is 1.47. The van der Waals surface area contributed by atoms with Crippen molar-refractivity contribution in [1.29, 1.82) is 5.26 Å². The summed E-state index contributed by atoms with van der Waals surface area (Å²) in [5.74, 6) is 0.432. The van der Waals surface area contributed by atoms with E-state index in [0.29, 0.717) is 17.0 Å². The number of nitriles is 1. The van der Waals surface area contributed by atoms with Gasteiger partial charge in [0.25, 0.3) is 0 Å². The van der Waals surface area contributed by atoms with Crippen LogP contribution in [0.4, 0.5) is 5.69 Å². The van der Waals surface area contributed by atoms with Gasteiger partial charge in [0, 0.05) is 7.05 Å². The normalized spacial score (nSPS) is 9.40. The van der Waals surface area contributed by atoms with Crippen molar-refractivity contribution < 1.29 is 4.79 Å². The molecule has 1 aromatic rings. The Morgan fingerprint density at radius 1 is 1.53 bits per heavy atom. The van der Waals surface area contributed by atoms with Crippen molar-refractivity contribution in [3.8, 4) is 6.07 Å². The number of thioether (sulfide) groups is 1. The highest BCUT2D eigenvalue weighted by Gasteiger charge is 2.12. The Balaban J connectivity index is 2.96. The zero-order chi connectivity index (χ0) is 11.3. The fraction of sp³-hybridized carbons (Fsp3) is 0.273. The lowest BCUT2D eigenvalue weighted by Gasteiger charge is -2.17. The maximum Gasteiger partial charge on any atom is 0.236 e. The van der Waals surface area contributed by atoms with Crippen LogP contribution in [0, 0.1) is 11.3 Å². The Morgan fingerprint density at radius 2 is 2.20 bits per heavy atom. The van der Waals surface area contributed by atoms with Gasteiger partial charge in [-0.3, -0.25) is 4.79 Å². The van der Waals surface area contributed by atoms with Crippen molar-refractivity contribution in [1.82, 2.24) is 0 Å². The fourth-order valence-corrected chi connectivity index (χ4v) is 1.66. The van der Waals surface area contributed by atoms with E-state index in [0.717, 1.165) is 0 Å². The molecule has 0 aromatic heterocycles. The first-order valence-corrected chi connectivity index (χ1v) is 5.84. The smallest absolute Gasteiger partial charge is 0.236 e. The molecule has 0 aliphatic rings. The Kier molecular flexibility index (Phi) is 4.19. The van der Waals surface area contributed by atoms with Crippen molar-refractivity contribution in [3.05, 3.63) is 29.8 Å². The molecule has 0 saturated heterocycles. The topological polar surface area (TPSA) is 44.1 Å². The van der Waals surface area contributed by atoms with E-state index in [-0.39, 0.29) is 5.91 Å². The standard InChI is InChI=1S/C11H12N2OS/c1-13(11(14)8-15-2)10-6-4-3-5-9(10)7-12/h3-6H,8H2,1-2H3. The summed E-state index contributed by atoms with van der Waals surface area (Å²) in [6.45, 7) is 0. The van der Waals surface area contributed by atoms with E-state index in [1.165, 1.54) is 16.7 Å². The molecule has 0 bridgehead atoms. The molecule has 1 aromatic carbocycles. The summed E-state index contributed by atoms with van der Waals surface area (Å²) in [5.41, 5.74) is 1.19. The van der Waals surface area contributed by atoms with Crippen LogP contribution >= 0.6 is 11.8 Å². The van der Waals surface area contributed by atoms with Crippen molar-refractivity contribution >= 4 is 23.4 Å². The number of rotatable bonds is 3. The molecular formula is C11H12N2OS. The Bertz CT molecular complexity index is 398. The van der Waals surface area contributed by atoms with Crippen LogP contribution < -0.4 is 4.90 Å². The van der Waals surface area contributed by atoms with E-state index in [4.69, 9.17) is 5.26 Å². The van der Waals surface area contributed by atoms with Gasteiger partial charge in [-0.1, -0.05) is 12.1 Å². The highest BCUT2D eigenvalue weighted by Crippen LogP contribution is 2.18. The molecule has 0 aliphatic carbocycles. The molecule has 0 radical (unpaired) electrons. The molecule has 15 heavy (non-hydrogen) atoms. The van der Waals surface area contributed by atoms with Crippen molar-refractivity contribution in [2.45, 2.75) is 0 Å². The van der Waals surface area contributed by atoms with Gasteiger partial charge >= 0.3 is 0 Å². The number of nitrogens with zero attached hydrogens (tertiary/aromatic N) is 2. The number of carbonyl (C=O) groups excluding carboxylic acids is 1. The molecule has 3 nitrogen and oxygen atoms in total. The van der Waals surface area contributed by atoms with Gasteiger partial charge in [-0.2, -0.15) is 17.0 Å². The molecule has 78 valence electrons. The van der Waals surface area contributed by atoms with Gasteiger partial charge in [0.15, 0.2) is 0 Å². The summed E-state index contributed by atoms with van der Waals surface area (Å²) in [4.78, 5) is 13.1. The van der Waals surface area contributed by atoms with E-state index in [2.05, 4.69) is 6.07 Å². The van der Waals surface area contributed by atoms with Gasteiger partial charge in [-0.25, -0.2) is 0 Å². The van der Waals surface area contributed by atoms with Gasteiger partial charge in [-0.05, 0) is 18.4 Å². The third kappa shape index (κ3) is 2.74. The van der Waals surface area contributed by atoms with Gasteiger partial charge < -0.3 is 4.90 Å². The van der Waals surface area contributed by atoms with Crippen LogP contribution in [0.2, 0.25) is 0 Å². The lowest BCUT2D eigenvalue weighted by molar-refractivity contribution is -0.115. The number of amides is 1. The van der Waals surface area contributed by atoms with E-state index >= 15 is 0 Å². The number of hydrogen-bond acceptors (Lipinski definition) is 3. The second-order valence-corrected chi connectivity index (χ2v) is 3.88. The molecule has 0 saturated carbocycles. The molecule has 0 fully saturated rings. The molecule has 1 rings (SSSR count). The fourth-order valence-electron chi connectivity index (χ4n) is 1.22. The van der Waals surface area contributed by atoms with Gasteiger partial charge in [-0.15, -0.1) is 0 Å². The zero-order valence-electron chi connectivity index (χ0n) is 8.73. The molecule has 0 N–H and O–H groups in total. The van der Waals surface area contributed by atoms with E-state index in [1.807, 2.05) is 12.3 Å². The minimum atomic E-state index is 0.00481. The SMILES string of the molecule is CSCC(=O)N(C)c1ccccc1C#N. The van der Waals surface area contributed by atoms with Crippen molar-refractivity contribution in [2.24, 2.45) is 0 Å². The molecule has 4 heteroatoms. The summed E-state index contributed by atoms with van der Waals surface area (Å²) in [6, 6.07) is 9.16. The average molecular weight is 220 g/mol. The van der Waals surface area contributed by atoms with Crippen LogP contribution in [0.25, 0.3) is 0 Å². The highest BCUT2D eigenvalue weighted by atomic mass is 32.2. The molecule has 0 spiro atoms. The lowest BCUT2D eigenvalue weighted by Crippen LogP contribution is -2.28. The third-order valence-corrected chi connectivity index (χ3v) is 2.56. The van der Waals surface area contributed by atoms with E-state index in [1.54, 1.807) is 25.2 Å². The van der Waals surface area contributed by atoms with Crippen LogP contribution in [-0.4, -0.2) is 25.0 Å². The molecule has 0 atom stereocenters. The van der Waals surface area contributed by atoms with Gasteiger partial charge in [0.05, 0.1) is 17.0 Å². The maximum absolute atomic E-state index is 11.6. The van der Waals surface area contributed by atoms with Crippen LogP contribution in [0.5, 0.6) is 0 Å². The summed E-state index contributed by atoms with van der Waals surface area (Å²) < 4.78 is 0. The Morgan fingerprint density at radius 3 is 2.80 bits per heavy atom. The molecule has 0 aliphatic heterocycles. The third-order valence-electron chi connectivity index (χ3n) is 2.03. The Labute approximate surface area is 93.7 Å². The van der Waals surface area contributed by atoms with Crippen LogP contribution in [0.15, 0.2) is 24.3 Å². The number of carbonyl (C=O) groups is 1. The molecule has 0 unspecified atom stereocenters. The van der Waals surface area contributed by atoms with Gasteiger partial charge in [0.2, 0.25) is 5.91 Å². The van der Waals surface area contributed by atoms with E-state index < -0.39 is 0 Å². The van der Waals surface area contributed by atoms with Crippen LogP contribution in [0.3, 0.4) is 0 Å². The van der Waals surface area contributed by atoms with Crippen LogP contribution in [-0.2, 0) is 4.79 Å². The molecule has 0 heterocycles. The van der Waals surface area contributed by atoms with E-state index in [9.17, 15) is 4.79 Å². The largest absolute Gasteiger partial charge is 0.313 e. The first-order valence-electron chi connectivity index (χ1n) is 4.45. The monoisotopic (exact) mass is 220 g/mol. The second kappa shape index (κ2) is 5.42. The maximum atomic E-state index is 11.6. The minimum Gasteiger partial charge on any atom is -0.313 e. The zero-order valence-corrected chi connectivity index (χ0v) is 9.54. The molecule has 1 amide bonds. The highest BCUT2D eigenvalue weighted by molar-refractivity contribution is 7.99. The minimum absolute atomic E-state index is 0.00481. The van der Waals surface area contributed by atoms with Crippen LogP contribution in [0.1, 0.15) is 5.56 Å². The number of hydrogen-bond donors (Lipinski definition) is 0. The quantitative estimate of drug-likeness (QED) is 0.781. The van der Waals surface area contributed by atoms with Crippen molar-refractivity contribution in [2.75, 3.05) is 24.0 Å². The predicted octanol–water partition coefficient (Wildman–Crippen LogP) is 1.88. The summed E-state index contributed by atoms with van der Waals surface area (Å²) in [7, 11) is 1.69. The first-order chi connectivity index (χ1) is 7.20. The number of anilines is 1. The average Bonchev–Trinajstić information content (AvgIpc) is 2.28. The van der Waals surface area contributed by atoms with Gasteiger partial charge in [0.1, 0.15) is 6.07 Å². The predicted molar refractivity (Wildman–Crippen MR) is 62.9 cm³/mol.